The first-order chi connectivity index (χ1) is 10.1. The van der Waals surface area contributed by atoms with E-state index < -0.39 is 0 Å². The molecular formula is C16H16N2O3. The van der Waals surface area contributed by atoms with Gasteiger partial charge in [-0.05, 0) is 48.9 Å². The zero-order valence-electron chi connectivity index (χ0n) is 11.7. The Bertz CT molecular complexity index is 609. The quantitative estimate of drug-likeness (QED) is 0.824. The van der Waals surface area contributed by atoms with Gasteiger partial charge in [0.05, 0.1) is 0 Å². The van der Waals surface area contributed by atoms with Gasteiger partial charge in [-0.1, -0.05) is 0 Å². The fourth-order valence-corrected chi connectivity index (χ4v) is 1.69. The fourth-order valence-electron chi connectivity index (χ4n) is 1.69. The molecule has 0 unspecified atom stereocenters. The summed E-state index contributed by atoms with van der Waals surface area (Å²) in [6, 6.07) is 10.4. The van der Waals surface area contributed by atoms with Crippen molar-refractivity contribution in [1.82, 2.24) is 10.3 Å². The lowest BCUT2D eigenvalue weighted by Crippen LogP contribution is -2.28. The standard InChI is InChI=1S/C16H16N2O3/c1-12(19)14-2-4-15(5-3-14)21-11-16(20)18-10-13-6-8-17-9-7-13/h2-9H,10-11H2,1H3,(H,18,20). The van der Waals surface area contributed by atoms with Crippen LogP contribution in [0.15, 0.2) is 48.8 Å². The highest BCUT2D eigenvalue weighted by Crippen LogP contribution is 2.12. The van der Waals surface area contributed by atoms with Crippen molar-refractivity contribution in [3.05, 3.63) is 59.9 Å². The van der Waals surface area contributed by atoms with Crippen LogP contribution in [0.1, 0.15) is 22.8 Å². The van der Waals surface area contributed by atoms with E-state index in [4.69, 9.17) is 4.74 Å². The van der Waals surface area contributed by atoms with Crippen LogP contribution in [0, 0.1) is 0 Å². The maximum Gasteiger partial charge on any atom is 0.258 e. The molecule has 1 N–H and O–H groups in total. The first kappa shape index (κ1) is 14.7. The molecule has 0 aliphatic carbocycles. The first-order valence-corrected chi connectivity index (χ1v) is 6.54. The molecule has 1 aromatic heterocycles. The number of nitrogens with zero attached hydrogens (tertiary/aromatic N) is 1. The molecule has 1 aromatic carbocycles. The van der Waals surface area contributed by atoms with E-state index in [1.165, 1.54) is 6.92 Å². The van der Waals surface area contributed by atoms with Gasteiger partial charge < -0.3 is 10.1 Å². The molecule has 0 aliphatic rings. The third-order valence-corrected chi connectivity index (χ3v) is 2.87. The van der Waals surface area contributed by atoms with E-state index in [1.54, 1.807) is 36.7 Å². The van der Waals surface area contributed by atoms with Crippen molar-refractivity contribution in [2.75, 3.05) is 6.61 Å². The number of nitrogens with one attached hydrogen (secondary N) is 1. The summed E-state index contributed by atoms with van der Waals surface area (Å²) in [5.41, 5.74) is 1.59. The van der Waals surface area contributed by atoms with Gasteiger partial charge in [-0.2, -0.15) is 0 Å². The molecule has 108 valence electrons. The number of ketones is 1. The van der Waals surface area contributed by atoms with Gasteiger partial charge in [0.25, 0.3) is 5.91 Å². The Morgan fingerprint density at radius 2 is 1.76 bits per heavy atom. The van der Waals surface area contributed by atoms with Crippen LogP contribution in [-0.2, 0) is 11.3 Å². The lowest BCUT2D eigenvalue weighted by molar-refractivity contribution is -0.123. The number of carbonyl (C=O) groups excluding carboxylic acids is 2. The summed E-state index contributed by atoms with van der Waals surface area (Å²) >= 11 is 0. The molecule has 2 rings (SSSR count). The molecule has 0 aliphatic heterocycles. The number of hydrogen-bond acceptors (Lipinski definition) is 4. The Morgan fingerprint density at radius 1 is 1.10 bits per heavy atom. The maximum absolute atomic E-state index is 11.7. The number of ether oxygens (including phenoxy) is 1. The number of carbonyl (C=O) groups is 2. The van der Waals surface area contributed by atoms with E-state index in [-0.39, 0.29) is 18.3 Å². The van der Waals surface area contributed by atoms with Crippen LogP contribution >= 0.6 is 0 Å². The van der Waals surface area contributed by atoms with Gasteiger partial charge in [0.1, 0.15) is 5.75 Å². The number of amides is 1. The van der Waals surface area contributed by atoms with Crippen molar-refractivity contribution in [1.29, 1.82) is 0 Å². The van der Waals surface area contributed by atoms with Crippen molar-refractivity contribution in [2.24, 2.45) is 0 Å². The van der Waals surface area contributed by atoms with Crippen molar-refractivity contribution < 1.29 is 14.3 Å². The Balaban J connectivity index is 1.77. The lowest BCUT2D eigenvalue weighted by Gasteiger charge is -2.07. The van der Waals surface area contributed by atoms with Crippen LogP contribution in [0.4, 0.5) is 0 Å². The van der Waals surface area contributed by atoms with Gasteiger partial charge in [0.2, 0.25) is 0 Å². The average molecular weight is 284 g/mol. The van der Waals surface area contributed by atoms with Gasteiger partial charge in [-0.3, -0.25) is 14.6 Å². The number of hydrogen-bond donors (Lipinski definition) is 1. The minimum Gasteiger partial charge on any atom is -0.484 e. The Labute approximate surface area is 123 Å². The van der Waals surface area contributed by atoms with Crippen molar-refractivity contribution >= 4 is 11.7 Å². The fraction of sp³-hybridized carbons (Fsp3) is 0.188. The second-order valence-corrected chi connectivity index (χ2v) is 4.50. The maximum atomic E-state index is 11.7. The Morgan fingerprint density at radius 3 is 2.38 bits per heavy atom. The molecule has 0 saturated heterocycles. The summed E-state index contributed by atoms with van der Waals surface area (Å²) in [7, 11) is 0. The number of aromatic nitrogens is 1. The van der Waals surface area contributed by atoms with Crippen LogP contribution in [0.3, 0.4) is 0 Å². The van der Waals surface area contributed by atoms with Crippen LogP contribution in [0.5, 0.6) is 5.75 Å². The van der Waals surface area contributed by atoms with Crippen molar-refractivity contribution in [3.8, 4) is 5.75 Å². The van der Waals surface area contributed by atoms with Gasteiger partial charge in [0, 0.05) is 24.5 Å². The first-order valence-electron chi connectivity index (χ1n) is 6.54. The summed E-state index contributed by atoms with van der Waals surface area (Å²) in [6.45, 7) is 1.88. The minimum absolute atomic E-state index is 0.00311. The highest BCUT2D eigenvalue weighted by Gasteiger charge is 2.04. The van der Waals surface area contributed by atoms with E-state index in [1.807, 2.05) is 12.1 Å². The molecule has 0 radical (unpaired) electrons. The molecule has 21 heavy (non-hydrogen) atoms. The largest absolute Gasteiger partial charge is 0.484 e. The van der Waals surface area contributed by atoms with E-state index in [0.29, 0.717) is 17.9 Å². The minimum atomic E-state index is -0.206. The monoisotopic (exact) mass is 284 g/mol. The van der Waals surface area contributed by atoms with Gasteiger partial charge >= 0.3 is 0 Å². The Hall–Kier alpha value is -2.69. The summed E-state index contributed by atoms with van der Waals surface area (Å²) in [5, 5.41) is 2.75. The summed E-state index contributed by atoms with van der Waals surface area (Å²) in [5.74, 6) is 0.346. The Kier molecular flexibility index (Phi) is 5.04. The van der Waals surface area contributed by atoms with Gasteiger partial charge in [-0.15, -0.1) is 0 Å². The van der Waals surface area contributed by atoms with E-state index in [2.05, 4.69) is 10.3 Å². The highest BCUT2D eigenvalue weighted by atomic mass is 16.5. The molecule has 0 atom stereocenters. The van der Waals surface area contributed by atoms with E-state index >= 15 is 0 Å². The molecule has 1 amide bonds. The second kappa shape index (κ2) is 7.19. The van der Waals surface area contributed by atoms with Crippen LogP contribution in [-0.4, -0.2) is 23.3 Å². The molecule has 5 heteroatoms. The predicted octanol–water partition coefficient (Wildman–Crippen LogP) is 1.98. The SMILES string of the molecule is CC(=O)c1ccc(OCC(=O)NCc2ccncc2)cc1. The number of benzene rings is 1. The summed E-state index contributed by atoms with van der Waals surface area (Å²) < 4.78 is 5.36. The van der Waals surface area contributed by atoms with Crippen LogP contribution in [0.25, 0.3) is 0 Å². The molecule has 0 saturated carbocycles. The van der Waals surface area contributed by atoms with Crippen molar-refractivity contribution in [2.45, 2.75) is 13.5 Å². The average Bonchev–Trinajstić information content (AvgIpc) is 2.52. The van der Waals surface area contributed by atoms with Gasteiger partial charge in [-0.25, -0.2) is 0 Å². The zero-order chi connectivity index (χ0) is 15.1. The highest BCUT2D eigenvalue weighted by molar-refractivity contribution is 5.94. The normalized spacial score (nSPS) is 9.95. The van der Waals surface area contributed by atoms with Crippen LogP contribution in [0.2, 0.25) is 0 Å². The topological polar surface area (TPSA) is 68.3 Å². The molecule has 0 fully saturated rings. The molecule has 0 spiro atoms. The number of rotatable bonds is 6. The third kappa shape index (κ3) is 4.72. The summed E-state index contributed by atoms with van der Waals surface area (Å²) in [4.78, 5) is 26.7. The second-order valence-electron chi connectivity index (χ2n) is 4.50. The van der Waals surface area contributed by atoms with Gasteiger partial charge in [0.15, 0.2) is 12.4 Å². The van der Waals surface area contributed by atoms with E-state index in [0.717, 1.165) is 5.56 Å². The molecule has 5 nitrogen and oxygen atoms in total. The summed E-state index contributed by atoms with van der Waals surface area (Å²) in [6.07, 6.45) is 3.35. The zero-order valence-corrected chi connectivity index (χ0v) is 11.7. The van der Waals surface area contributed by atoms with Crippen LogP contribution < -0.4 is 10.1 Å². The number of Topliss-reactive ketones (excluding diaryl/α,β-unsaturated/α-hetero) is 1. The lowest BCUT2D eigenvalue weighted by atomic mass is 10.1. The molecule has 0 bridgehead atoms. The number of pyridine rings is 1. The molecular weight excluding hydrogens is 268 g/mol. The molecule has 2 aromatic rings. The van der Waals surface area contributed by atoms with Crippen molar-refractivity contribution in [3.63, 3.8) is 0 Å². The third-order valence-electron chi connectivity index (χ3n) is 2.87. The van der Waals surface area contributed by atoms with E-state index in [9.17, 15) is 9.59 Å². The smallest absolute Gasteiger partial charge is 0.258 e. The predicted molar refractivity (Wildman–Crippen MR) is 78.0 cm³/mol. The molecule has 1 heterocycles.